The highest BCUT2D eigenvalue weighted by molar-refractivity contribution is 9.10. The normalized spacial score (nSPS) is 19.0. The third-order valence-corrected chi connectivity index (χ3v) is 7.46. The second-order valence-electron chi connectivity index (χ2n) is 7.99. The molecule has 1 aromatic heterocycles. The van der Waals surface area contributed by atoms with Crippen molar-refractivity contribution in [2.24, 2.45) is 0 Å². The Morgan fingerprint density at radius 3 is 2.27 bits per heavy atom. The van der Waals surface area contributed by atoms with Crippen LogP contribution >= 0.6 is 43.5 Å². The fourth-order valence-corrected chi connectivity index (χ4v) is 5.42. The Bertz CT molecular complexity index is 1400. The molecule has 3 aromatic carbocycles. The Kier molecular flexibility index (Phi) is 5.09. The standard InChI is InChI=1S/C25H17Br2ClN4O/c1-31-22-18-3-2-4-19(28)24(18)33-23(15-7-11-17(27)12-8-15)20(22)21(32-25(31)29-13-30-32)14-5-9-16(26)10-6-14/h2-13,21,23H,1H3. The topological polar surface area (TPSA) is 43.2 Å². The molecule has 4 aromatic rings. The van der Waals surface area contributed by atoms with E-state index in [4.69, 9.17) is 16.3 Å². The summed E-state index contributed by atoms with van der Waals surface area (Å²) in [4.78, 5) is 6.67. The minimum absolute atomic E-state index is 0.192. The second kappa shape index (κ2) is 8.01. The summed E-state index contributed by atoms with van der Waals surface area (Å²) in [7, 11) is 2.02. The molecule has 33 heavy (non-hydrogen) atoms. The zero-order valence-electron chi connectivity index (χ0n) is 17.4. The molecule has 0 aliphatic carbocycles. The molecule has 0 radical (unpaired) electrons. The fraction of sp³-hybridized carbons (Fsp3) is 0.120. The first-order valence-corrected chi connectivity index (χ1v) is 12.3. The van der Waals surface area contributed by atoms with Crippen LogP contribution in [-0.4, -0.2) is 21.8 Å². The van der Waals surface area contributed by atoms with Gasteiger partial charge in [-0.1, -0.05) is 73.8 Å². The molecular formula is C25H17Br2ClN4O. The van der Waals surface area contributed by atoms with Crippen molar-refractivity contribution in [1.82, 2.24) is 14.8 Å². The summed E-state index contributed by atoms with van der Waals surface area (Å²) in [5, 5.41) is 5.21. The van der Waals surface area contributed by atoms with E-state index in [0.717, 1.165) is 42.9 Å². The van der Waals surface area contributed by atoms with E-state index in [1.54, 1.807) is 6.33 Å². The average molecular weight is 585 g/mol. The summed E-state index contributed by atoms with van der Waals surface area (Å²) in [5.74, 6) is 1.45. The van der Waals surface area contributed by atoms with E-state index >= 15 is 0 Å². The lowest BCUT2D eigenvalue weighted by Crippen LogP contribution is -2.37. The maximum atomic E-state index is 6.67. The highest BCUT2D eigenvalue weighted by Crippen LogP contribution is 2.53. The molecule has 0 fully saturated rings. The summed E-state index contributed by atoms with van der Waals surface area (Å²) >= 11 is 13.7. The zero-order chi connectivity index (χ0) is 22.7. The van der Waals surface area contributed by atoms with Crippen LogP contribution in [0.15, 0.2) is 87.6 Å². The average Bonchev–Trinajstić information content (AvgIpc) is 3.31. The van der Waals surface area contributed by atoms with Crippen LogP contribution in [0.2, 0.25) is 5.02 Å². The van der Waals surface area contributed by atoms with E-state index in [1.807, 2.05) is 48.1 Å². The summed E-state index contributed by atoms with van der Waals surface area (Å²) in [6.07, 6.45) is 1.25. The SMILES string of the molecule is CN1C2=C(C(c3ccc(Br)cc3)Oc3c(Cl)cccc32)C(c2ccc(Br)cc2)n2ncnc21. The van der Waals surface area contributed by atoms with E-state index in [-0.39, 0.29) is 12.1 Å². The van der Waals surface area contributed by atoms with Gasteiger partial charge in [-0.15, -0.1) is 0 Å². The molecule has 0 saturated heterocycles. The lowest BCUT2D eigenvalue weighted by molar-refractivity contribution is 0.222. The molecule has 0 amide bonds. The monoisotopic (exact) mass is 582 g/mol. The molecular weight excluding hydrogens is 568 g/mol. The number of nitrogens with zero attached hydrogens (tertiary/aromatic N) is 4. The van der Waals surface area contributed by atoms with Crippen molar-refractivity contribution in [1.29, 1.82) is 0 Å². The van der Waals surface area contributed by atoms with Crippen LogP contribution in [0.5, 0.6) is 5.75 Å². The Labute approximate surface area is 212 Å². The molecule has 6 rings (SSSR count). The van der Waals surface area contributed by atoms with Crippen LogP contribution in [0.4, 0.5) is 5.95 Å². The van der Waals surface area contributed by atoms with Gasteiger partial charge in [-0.05, 0) is 47.5 Å². The quantitative estimate of drug-likeness (QED) is 0.254. The van der Waals surface area contributed by atoms with Crippen LogP contribution in [0, 0.1) is 0 Å². The van der Waals surface area contributed by atoms with Gasteiger partial charge in [0.1, 0.15) is 24.2 Å². The number of aromatic nitrogens is 3. The Balaban J connectivity index is 1.67. The summed E-state index contributed by atoms with van der Waals surface area (Å²) in [5.41, 5.74) is 5.22. The van der Waals surface area contributed by atoms with Crippen molar-refractivity contribution >= 4 is 55.1 Å². The molecule has 2 atom stereocenters. The largest absolute Gasteiger partial charge is 0.479 e. The molecule has 164 valence electrons. The molecule has 5 nitrogen and oxygen atoms in total. The number of anilines is 1. The fourth-order valence-electron chi connectivity index (χ4n) is 4.67. The van der Waals surface area contributed by atoms with Gasteiger partial charge < -0.3 is 9.64 Å². The molecule has 2 aliphatic heterocycles. The number of fused-ring (bicyclic) bond motifs is 3. The van der Waals surface area contributed by atoms with E-state index in [2.05, 4.69) is 77.2 Å². The van der Waals surface area contributed by atoms with Crippen molar-refractivity contribution < 1.29 is 4.74 Å². The molecule has 0 saturated carbocycles. The maximum Gasteiger partial charge on any atom is 0.229 e. The van der Waals surface area contributed by atoms with Gasteiger partial charge in [0.05, 0.1) is 10.7 Å². The Hall–Kier alpha value is -2.61. The first-order chi connectivity index (χ1) is 16.0. The van der Waals surface area contributed by atoms with Gasteiger partial charge in [-0.3, -0.25) is 0 Å². The van der Waals surface area contributed by atoms with E-state index < -0.39 is 0 Å². The summed E-state index contributed by atoms with van der Waals surface area (Å²) in [6.45, 7) is 0. The van der Waals surface area contributed by atoms with Gasteiger partial charge in [0, 0.05) is 27.1 Å². The number of halogens is 3. The second-order valence-corrected chi connectivity index (χ2v) is 10.2. The highest BCUT2D eigenvalue weighted by Gasteiger charge is 2.43. The van der Waals surface area contributed by atoms with Crippen molar-refractivity contribution in [3.8, 4) is 5.75 Å². The predicted octanol–water partition coefficient (Wildman–Crippen LogP) is 7.04. The number of para-hydroxylation sites is 1. The van der Waals surface area contributed by atoms with Gasteiger partial charge in [0.2, 0.25) is 5.95 Å². The number of rotatable bonds is 2. The predicted molar refractivity (Wildman–Crippen MR) is 137 cm³/mol. The Morgan fingerprint density at radius 2 is 1.58 bits per heavy atom. The molecule has 0 spiro atoms. The molecule has 3 heterocycles. The molecule has 0 bridgehead atoms. The van der Waals surface area contributed by atoms with Crippen molar-refractivity contribution in [2.45, 2.75) is 12.1 Å². The number of hydrogen-bond acceptors (Lipinski definition) is 4. The minimum Gasteiger partial charge on any atom is -0.479 e. The highest BCUT2D eigenvalue weighted by atomic mass is 79.9. The molecule has 2 unspecified atom stereocenters. The smallest absolute Gasteiger partial charge is 0.229 e. The van der Waals surface area contributed by atoms with Gasteiger partial charge in [-0.25, -0.2) is 4.68 Å². The van der Waals surface area contributed by atoms with Crippen LogP contribution < -0.4 is 9.64 Å². The lowest BCUT2D eigenvalue weighted by Gasteiger charge is -2.42. The third kappa shape index (κ3) is 3.33. The Morgan fingerprint density at radius 1 is 0.909 bits per heavy atom. The number of ether oxygens (including phenoxy) is 1. The van der Waals surface area contributed by atoms with Crippen molar-refractivity contribution in [3.05, 3.63) is 109 Å². The molecule has 8 heteroatoms. The van der Waals surface area contributed by atoms with Crippen molar-refractivity contribution in [3.63, 3.8) is 0 Å². The lowest BCUT2D eigenvalue weighted by atomic mass is 9.84. The van der Waals surface area contributed by atoms with Crippen LogP contribution in [-0.2, 0) is 0 Å². The van der Waals surface area contributed by atoms with Gasteiger partial charge in [0.25, 0.3) is 0 Å². The molecule has 0 N–H and O–H groups in total. The number of hydrogen-bond donors (Lipinski definition) is 0. The number of benzene rings is 3. The van der Waals surface area contributed by atoms with Gasteiger partial charge in [0.15, 0.2) is 0 Å². The van der Waals surface area contributed by atoms with Gasteiger partial charge in [-0.2, -0.15) is 10.1 Å². The third-order valence-electron chi connectivity index (χ3n) is 6.10. The first-order valence-electron chi connectivity index (χ1n) is 10.4. The maximum absolute atomic E-state index is 6.67. The van der Waals surface area contributed by atoms with E-state index in [1.165, 1.54) is 0 Å². The first kappa shape index (κ1) is 21.0. The summed E-state index contributed by atoms with van der Waals surface area (Å²) in [6, 6.07) is 22.2. The van der Waals surface area contributed by atoms with E-state index in [9.17, 15) is 0 Å². The summed E-state index contributed by atoms with van der Waals surface area (Å²) < 4.78 is 10.7. The molecule has 2 aliphatic rings. The zero-order valence-corrected chi connectivity index (χ0v) is 21.3. The van der Waals surface area contributed by atoms with Crippen LogP contribution in [0.3, 0.4) is 0 Å². The van der Waals surface area contributed by atoms with Crippen LogP contribution in [0.25, 0.3) is 5.70 Å². The minimum atomic E-state index is -0.353. The van der Waals surface area contributed by atoms with E-state index in [0.29, 0.717) is 10.8 Å². The van der Waals surface area contributed by atoms with Gasteiger partial charge >= 0.3 is 0 Å². The van der Waals surface area contributed by atoms with Crippen LogP contribution in [0.1, 0.15) is 28.8 Å². The van der Waals surface area contributed by atoms with Crippen molar-refractivity contribution in [2.75, 3.05) is 11.9 Å².